The van der Waals surface area contributed by atoms with E-state index in [-0.39, 0.29) is 10.3 Å². The largest absolute Gasteiger partial charge is 0.496 e. The summed E-state index contributed by atoms with van der Waals surface area (Å²) >= 11 is 1.18. The second kappa shape index (κ2) is 7.10. The van der Waals surface area contributed by atoms with Crippen molar-refractivity contribution in [2.45, 2.75) is 10.3 Å². The lowest BCUT2D eigenvalue weighted by atomic mass is 10.0. The van der Waals surface area contributed by atoms with Crippen molar-refractivity contribution in [1.29, 1.82) is 0 Å². The molecule has 1 aliphatic heterocycles. The number of thiophene rings is 1. The molecular formula is C16H20N2O4S2. The number of ether oxygens (including phenoxy) is 2. The van der Waals surface area contributed by atoms with Gasteiger partial charge in [-0.1, -0.05) is 18.2 Å². The van der Waals surface area contributed by atoms with Gasteiger partial charge < -0.3 is 14.8 Å². The molecule has 3 rings (SSSR count). The number of nitrogens with zero attached hydrogens (tertiary/aromatic N) is 1. The number of piperazine rings is 1. The van der Waals surface area contributed by atoms with Crippen LogP contribution in [0.1, 0.15) is 11.6 Å². The number of rotatable bonds is 5. The van der Waals surface area contributed by atoms with Gasteiger partial charge in [0.15, 0.2) is 4.21 Å². The number of methoxy groups -OCH3 is 2. The number of hydrogen-bond acceptors (Lipinski definition) is 6. The summed E-state index contributed by atoms with van der Waals surface area (Å²) < 4.78 is 38.8. The van der Waals surface area contributed by atoms with Crippen molar-refractivity contribution in [3.63, 3.8) is 0 Å². The Morgan fingerprint density at radius 1 is 1.17 bits per heavy atom. The van der Waals surface area contributed by atoms with Gasteiger partial charge in [0.05, 0.1) is 20.3 Å². The fraction of sp³-hybridized carbons (Fsp3) is 0.375. The highest BCUT2D eigenvalue weighted by molar-refractivity contribution is 7.91. The zero-order valence-electron chi connectivity index (χ0n) is 13.6. The summed E-state index contributed by atoms with van der Waals surface area (Å²) in [5.41, 5.74) is 0.853. The van der Waals surface area contributed by atoms with Gasteiger partial charge in [-0.3, -0.25) is 0 Å². The lowest BCUT2D eigenvalue weighted by molar-refractivity contribution is 0.264. The van der Waals surface area contributed by atoms with Crippen LogP contribution in [-0.4, -0.2) is 46.6 Å². The van der Waals surface area contributed by atoms with Gasteiger partial charge in [-0.25, -0.2) is 8.42 Å². The molecule has 1 atom stereocenters. The van der Waals surface area contributed by atoms with Gasteiger partial charge >= 0.3 is 0 Å². The molecule has 0 aliphatic carbocycles. The van der Waals surface area contributed by atoms with E-state index in [4.69, 9.17) is 9.47 Å². The number of sulfonamides is 1. The average Bonchev–Trinajstić information content (AvgIpc) is 3.11. The van der Waals surface area contributed by atoms with Gasteiger partial charge in [0, 0.05) is 25.2 Å². The Kier molecular flexibility index (Phi) is 5.09. The molecule has 24 heavy (non-hydrogen) atoms. The Balaban J connectivity index is 2.04. The van der Waals surface area contributed by atoms with E-state index in [1.807, 2.05) is 24.3 Å². The molecule has 2 aromatic rings. The quantitative estimate of drug-likeness (QED) is 0.875. The van der Waals surface area contributed by atoms with Crippen LogP contribution in [0.15, 0.2) is 39.9 Å². The average molecular weight is 368 g/mol. The van der Waals surface area contributed by atoms with E-state index in [1.54, 1.807) is 18.6 Å². The molecule has 0 radical (unpaired) electrons. The van der Waals surface area contributed by atoms with Crippen molar-refractivity contribution in [2.75, 3.05) is 33.9 Å². The molecule has 1 aromatic carbocycles. The van der Waals surface area contributed by atoms with Crippen LogP contribution < -0.4 is 14.8 Å². The lowest BCUT2D eigenvalue weighted by Crippen LogP contribution is -2.48. The molecule has 1 unspecified atom stereocenters. The third-order valence-electron chi connectivity index (χ3n) is 4.05. The maximum Gasteiger partial charge on any atom is 0.256 e. The van der Waals surface area contributed by atoms with E-state index in [2.05, 4.69) is 5.32 Å². The molecule has 0 saturated carbocycles. The minimum atomic E-state index is -3.65. The molecule has 0 amide bonds. The highest BCUT2D eigenvalue weighted by Crippen LogP contribution is 2.38. The van der Waals surface area contributed by atoms with E-state index in [0.717, 1.165) is 5.56 Å². The molecule has 0 bridgehead atoms. The summed E-state index contributed by atoms with van der Waals surface area (Å²) in [7, 11) is -0.576. The first-order valence-electron chi connectivity index (χ1n) is 7.56. The van der Waals surface area contributed by atoms with Crippen molar-refractivity contribution >= 4 is 21.4 Å². The summed E-state index contributed by atoms with van der Waals surface area (Å²) in [6.07, 6.45) is 0. The predicted molar refractivity (Wildman–Crippen MR) is 93.4 cm³/mol. The topological polar surface area (TPSA) is 67.9 Å². The van der Waals surface area contributed by atoms with E-state index in [0.29, 0.717) is 31.1 Å². The molecule has 1 N–H and O–H groups in total. The molecule has 1 aromatic heterocycles. The third kappa shape index (κ3) is 3.02. The molecule has 2 heterocycles. The minimum absolute atomic E-state index is 0.242. The molecule has 8 heteroatoms. The van der Waals surface area contributed by atoms with Gasteiger partial charge in [-0.2, -0.15) is 4.31 Å². The standard InChI is InChI=1S/C16H20N2O4S2/c1-21-14-6-4-3-5-12(14)13-11-17-8-9-18(13)24(19,20)16-15(22-2)7-10-23-16/h3-7,10,13,17H,8-9,11H2,1-2H3. The fourth-order valence-corrected chi connectivity index (χ4v) is 5.91. The van der Waals surface area contributed by atoms with Crippen molar-refractivity contribution < 1.29 is 17.9 Å². The van der Waals surface area contributed by atoms with Crippen LogP contribution in [0.25, 0.3) is 0 Å². The first-order valence-corrected chi connectivity index (χ1v) is 9.88. The monoisotopic (exact) mass is 368 g/mol. The zero-order valence-corrected chi connectivity index (χ0v) is 15.2. The highest BCUT2D eigenvalue weighted by atomic mass is 32.2. The molecule has 130 valence electrons. The Labute approximate surface area is 146 Å². The van der Waals surface area contributed by atoms with Crippen molar-refractivity contribution in [2.24, 2.45) is 0 Å². The smallest absolute Gasteiger partial charge is 0.256 e. The van der Waals surface area contributed by atoms with Gasteiger partial charge in [0.2, 0.25) is 0 Å². The molecule has 1 fully saturated rings. The van der Waals surface area contributed by atoms with Crippen LogP contribution in [0.3, 0.4) is 0 Å². The minimum Gasteiger partial charge on any atom is -0.496 e. The SMILES string of the molecule is COc1ccccc1C1CNCCN1S(=O)(=O)c1sccc1OC. The van der Waals surface area contributed by atoms with Gasteiger partial charge in [-0.15, -0.1) is 11.3 Å². The summed E-state index contributed by atoms with van der Waals surface area (Å²) in [5.74, 6) is 1.07. The molecule has 6 nitrogen and oxygen atoms in total. The van der Waals surface area contributed by atoms with Crippen LogP contribution in [0, 0.1) is 0 Å². The molecule has 1 saturated heterocycles. The number of para-hydroxylation sites is 1. The van der Waals surface area contributed by atoms with E-state index in [9.17, 15) is 8.42 Å². The molecule has 1 aliphatic rings. The number of nitrogens with one attached hydrogen (secondary N) is 1. The van der Waals surface area contributed by atoms with Crippen LogP contribution in [0.2, 0.25) is 0 Å². The predicted octanol–water partition coefficient (Wildman–Crippen LogP) is 2.10. The summed E-state index contributed by atoms with van der Waals surface area (Å²) in [5, 5.41) is 5.00. The van der Waals surface area contributed by atoms with Crippen LogP contribution in [-0.2, 0) is 10.0 Å². The van der Waals surface area contributed by atoms with Crippen molar-refractivity contribution in [1.82, 2.24) is 9.62 Å². The normalized spacial score (nSPS) is 19.2. The summed E-state index contributed by atoms with van der Waals surface area (Å²) in [6, 6.07) is 8.87. The Morgan fingerprint density at radius 3 is 2.67 bits per heavy atom. The number of hydrogen-bond donors (Lipinski definition) is 1. The second-order valence-corrected chi connectivity index (χ2v) is 8.36. The van der Waals surface area contributed by atoms with E-state index < -0.39 is 10.0 Å². The van der Waals surface area contributed by atoms with Crippen LogP contribution >= 0.6 is 11.3 Å². The highest BCUT2D eigenvalue weighted by Gasteiger charge is 2.37. The fourth-order valence-electron chi connectivity index (χ4n) is 2.91. The van der Waals surface area contributed by atoms with Gasteiger partial charge in [0.1, 0.15) is 11.5 Å². The first-order chi connectivity index (χ1) is 11.6. The third-order valence-corrected chi connectivity index (χ3v) is 7.38. The Bertz CT molecular complexity index is 804. The summed E-state index contributed by atoms with van der Waals surface area (Å²) in [6.45, 7) is 1.54. The van der Waals surface area contributed by atoms with E-state index >= 15 is 0 Å². The second-order valence-electron chi connectivity index (χ2n) is 5.35. The zero-order chi connectivity index (χ0) is 17.2. The molecule has 0 spiro atoms. The van der Waals surface area contributed by atoms with Crippen LogP contribution in [0.4, 0.5) is 0 Å². The Morgan fingerprint density at radius 2 is 1.92 bits per heavy atom. The lowest BCUT2D eigenvalue weighted by Gasteiger charge is -2.35. The van der Waals surface area contributed by atoms with Crippen LogP contribution in [0.5, 0.6) is 11.5 Å². The number of benzene rings is 1. The maximum atomic E-state index is 13.2. The van der Waals surface area contributed by atoms with Gasteiger partial charge in [-0.05, 0) is 17.5 Å². The first kappa shape index (κ1) is 17.2. The van der Waals surface area contributed by atoms with Crippen molar-refractivity contribution in [3.8, 4) is 11.5 Å². The van der Waals surface area contributed by atoms with Crippen molar-refractivity contribution in [3.05, 3.63) is 41.3 Å². The Hall–Kier alpha value is -1.61. The maximum absolute atomic E-state index is 13.2. The van der Waals surface area contributed by atoms with E-state index in [1.165, 1.54) is 22.8 Å². The van der Waals surface area contributed by atoms with Gasteiger partial charge in [0.25, 0.3) is 10.0 Å². The summed E-state index contributed by atoms with van der Waals surface area (Å²) in [4.78, 5) is 0. The molecular weight excluding hydrogens is 348 g/mol.